The molecule has 1 N–H and O–H groups in total. The molecule has 0 aromatic heterocycles. The maximum absolute atomic E-state index is 13.7. The Morgan fingerprint density at radius 2 is 1.82 bits per heavy atom. The number of ketones is 1. The Hall–Kier alpha value is -3.29. The van der Waals surface area contributed by atoms with Crippen molar-refractivity contribution >= 4 is 17.7 Å². The highest BCUT2D eigenvalue weighted by Gasteiger charge is 2.47. The Morgan fingerprint density at radius 3 is 2.42 bits per heavy atom. The summed E-state index contributed by atoms with van der Waals surface area (Å²) in [4.78, 5) is 39.3. The predicted octanol–water partition coefficient (Wildman–Crippen LogP) is 3.27. The van der Waals surface area contributed by atoms with Crippen LogP contribution in [0, 0.1) is 11.8 Å². The van der Waals surface area contributed by atoms with Crippen LogP contribution in [0.2, 0.25) is 0 Å². The topological polar surface area (TPSA) is 100 Å². The van der Waals surface area contributed by atoms with Gasteiger partial charge in [-0.1, -0.05) is 19.9 Å². The zero-order valence-electron chi connectivity index (χ0n) is 19.9. The largest absolute Gasteiger partial charge is 0.493 e. The Balaban J connectivity index is 2.20. The second-order valence-corrected chi connectivity index (χ2v) is 8.29. The molecule has 3 rings (SSSR count). The van der Waals surface area contributed by atoms with Gasteiger partial charge in [0.2, 0.25) is 0 Å². The number of hydrogen-bond donors (Lipinski definition) is 1. The predicted molar refractivity (Wildman–Crippen MR) is 121 cm³/mol. The van der Waals surface area contributed by atoms with Gasteiger partial charge in [0.05, 0.1) is 33.5 Å². The standard InChI is InChI=1S/C25H31NO7/c1-7-10-33-25(29)20-14(3)26-16-11-13(2)19(24(28)32-6)23(27)22(16)21(20)15-8-9-17(30-4)18(12-15)31-5/h8-9,12-13,19,21,26H,7,10-11H2,1-6H3/t13-,19+,21+/m0/s1. The van der Waals surface area contributed by atoms with Crippen LogP contribution in [0.25, 0.3) is 0 Å². The molecule has 8 heteroatoms. The average molecular weight is 458 g/mol. The highest BCUT2D eigenvalue weighted by molar-refractivity contribution is 6.12. The number of benzene rings is 1. The van der Waals surface area contributed by atoms with Crippen molar-refractivity contribution in [3.63, 3.8) is 0 Å². The summed E-state index contributed by atoms with van der Waals surface area (Å²) in [5.41, 5.74) is 2.70. The molecule has 0 radical (unpaired) electrons. The molecule has 8 nitrogen and oxygen atoms in total. The highest BCUT2D eigenvalue weighted by atomic mass is 16.5. The van der Waals surface area contributed by atoms with Gasteiger partial charge < -0.3 is 24.3 Å². The number of hydrogen-bond acceptors (Lipinski definition) is 8. The zero-order valence-corrected chi connectivity index (χ0v) is 19.9. The third-order valence-corrected chi connectivity index (χ3v) is 6.14. The van der Waals surface area contributed by atoms with Crippen LogP contribution >= 0.6 is 0 Å². The highest BCUT2D eigenvalue weighted by Crippen LogP contribution is 2.46. The molecule has 3 atom stereocenters. The fraction of sp³-hybridized carbons (Fsp3) is 0.480. The smallest absolute Gasteiger partial charge is 0.336 e. The molecule has 2 aliphatic rings. The fourth-order valence-corrected chi connectivity index (χ4v) is 4.59. The lowest BCUT2D eigenvalue weighted by atomic mass is 9.69. The Labute approximate surface area is 193 Å². The van der Waals surface area contributed by atoms with Crippen LogP contribution in [0.5, 0.6) is 11.5 Å². The van der Waals surface area contributed by atoms with E-state index in [9.17, 15) is 14.4 Å². The van der Waals surface area contributed by atoms with Gasteiger partial charge in [0.1, 0.15) is 5.92 Å². The molecular formula is C25H31NO7. The molecule has 1 heterocycles. The molecule has 1 aromatic rings. The maximum Gasteiger partial charge on any atom is 0.336 e. The maximum atomic E-state index is 13.7. The number of carbonyl (C=O) groups excluding carboxylic acids is 3. The van der Waals surface area contributed by atoms with E-state index in [4.69, 9.17) is 18.9 Å². The zero-order chi connectivity index (χ0) is 24.3. The Morgan fingerprint density at radius 1 is 1.12 bits per heavy atom. The van der Waals surface area contributed by atoms with Gasteiger partial charge in [-0.25, -0.2) is 4.79 Å². The number of rotatable bonds is 7. The Kier molecular flexibility index (Phi) is 7.46. The van der Waals surface area contributed by atoms with Gasteiger partial charge in [-0.05, 0) is 43.4 Å². The second-order valence-electron chi connectivity index (χ2n) is 8.29. The third-order valence-electron chi connectivity index (χ3n) is 6.14. The lowest BCUT2D eigenvalue weighted by Gasteiger charge is -2.38. The van der Waals surface area contributed by atoms with E-state index in [1.54, 1.807) is 25.1 Å². The first-order chi connectivity index (χ1) is 15.8. The Bertz CT molecular complexity index is 1020. The van der Waals surface area contributed by atoms with Gasteiger partial charge in [-0.15, -0.1) is 0 Å². The first-order valence-corrected chi connectivity index (χ1v) is 11.0. The molecular weight excluding hydrogens is 426 g/mol. The number of allylic oxidation sites excluding steroid dienone is 3. The summed E-state index contributed by atoms with van der Waals surface area (Å²) >= 11 is 0. The molecule has 1 aliphatic carbocycles. The number of methoxy groups -OCH3 is 3. The van der Waals surface area contributed by atoms with E-state index in [0.29, 0.717) is 52.4 Å². The normalized spacial score (nSPS) is 22.4. The molecule has 1 aromatic carbocycles. The van der Waals surface area contributed by atoms with Crippen molar-refractivity contribution in [2.45, 2.75) is 39.5 Å². The second kappa shape index (κ2) is 10.1. The number of carbonyl (C=O) groups is 3. The fourth-order valence-electron chi connectivity index (χ4n) is 4.59. The summed E-state index contributed by atoms with van der Waals surface area (Å²) < 4.78 is 21.2. The van der Waals surface area contributed by atoms with Crippen molar-refractivity contribution in [2.24, 2.45) is 11.8 Å². The molecule has 0 spiro atoms. The SMILES string of the molecule is CCCOC(=O)C1=C(C)NC2=C(C(=O)[C@H](C(=O)OC)[C@@H](C)C2)[C@@H]1c1ccc(OC)c(OC)c1. The first-order valence-electron chi connectivity index (χ1n) is 11.0. The van der Waals surface area contributed by atoms with Gasteiger partial charge in [-0.3, -0.25) is 9.59 Å². The van der Waals surface area contributed by atoms with Crippen LogP contribution in [0.1, 0.15) is 45.1 Å². The van der Waals surface area contributed by atoms with Crippen LogP contribution in [0.3, 0.4) is 0 Å². The molecule has 0 saturated carbocycles. The van der Waals surface area contributed by atoms with Gasteiger partial charge in [0.25, 0.3) is 0 Å². The van der Waals surface area contributed by atoms with Crippen LogP contribution in [0.4, 0.5) is 0 Å². The van der Waals surface area contributed by atoms with E-state index < -0.39 is 23.8 Å². The molecule has 0 unspecified atom stereocenters. The van der Waals surface area contributed by atoms with Crippen molar-refractivity contribution in [1.29, 1.82) is 0 Å². The average Bonchev–Trinajstić information content (AvgIpc) is 2.80. The van der Waals surface area contributed by atoms with Crippen LogP contribution < -0.4 is 14.8 Å². The number of ether oxygens (including phenoxy) is 4. The van der Waals surface area contributed by atoms with Gasteiger partial charge in [0, 0.05) is 22.9 Å². The number of esters is 2. The number of Topliss-reactive ketones (excluding diaryl/α,β-unsaturated/α-hetero) is 1. The summed E-state index contributed by atoms with van der Waals surface area (Å²) in [7, 11) is 4.33. The summed E-state index contributed by atoms with van der Waals surface area (Å²) in [6, 6.07) is 5.27. The minimum Gasteiger partial charge on any atom is -0.493 e. The van der Waals surface area contributed by atoms with Crippen LogP contribution in [0.15, 0.2) is 40.7 Å². The molecule has 0 amide bonds. The van der Waals surface area contributed by atoms with E-state index in [1.165, 1.54) is 21.3 Å². The quantitative estimate of drug-likeness (QED) is 0.492. The minimum absolute atomic E-state index is 0.247. The van der Waals surface area contributed by atoms with E-state index >= 15 is 0 Å². The summed E-state index contributed by atoms with van der Waals surface area (Å²) in [6.45, 7) is 5.81. The van der Waals surface area contributed by atoms with Crippen molar-refractivity contribution in [1.82, 2.24) is 5.32 Å². The van der Waals surface area contributed by atoms with Crippen LogP contribution in [-0.2, 0) is 23.9 Å². The molecule has 178 valence electrons. The van der Waals surface area contributed by atoms with Crippen LogP contribution in [-0.4, -0.2) is 45.7 Å². The van der Waals surface area contributed by atoms with Gasteiger partial charge in [0.15, 0.2) is 17.3 Å². The molecule has 0 fully saturated rings. The van der Waals surface area contributed by atoms with E-state index in [0.717, 1.165) is 0 Å². The molecule has 33 heavy (non-hydrogen) atoms. The summed E-state index contributed by atoms with van der Waals surface area (Å²) in [5.74, 6) is -2.35. The lowest BCUT2D eigenvalue weighted by molar-refractivity contribution is -0.151. The first kappa shape index (κ1) is 24.4. The molecule has 0 bridgehead atoms. The van der Waals surface area contributed by atoms with E-state index in [1.807, 2.05) is 13.8 Å². The number of nitrogens with one attached hydrogen (secondary N) is 1. The van der Waals surface area contributed by atoms with Crippen molar-refractivity contribution in [2.75, 3.05) is 27.9 Å². The van der Waals surface area contributed by atoms with Crippen molar-refractivity contribution < 1.29 is 33.3 Å². The minimum atomic E-state index is -0.940. The molecule has 0 saturated heterocycles. The van der Waals surface area contributed by atoms with Crippen molar-refractivity contribution in [3.8, 4) is 11.5 Å². The third kappa shape index (κ3) is 4.47. The number of dihydropyridines is 1. The molecule has 1 aliphatic heterocycles. The summed E-state index contributed by atoms with van der Waals surface area (Å²) in [6.07, 6.45) is 1.14. The van der Waals surface area contributed by atoms with E-state index in [2.05, 4.69) is 5.32 Å². The van der Waals surface area contributed by atoms with Crippen molar-refractivity contribution in [3.05, 3.63) is 46.3 Å². The van der Waals surface area contributed by atoms with Gasteiger partial charge in [-0.2, -0.15) is 0 Å². The van der Waals surface area contributed by atoms with Gasteiger partial charge >= 0.3 is 11.9 Å². The monoisotopic (exact) mass is 457 g/mol. The van der Waals surface area contributed by atoms with E-state index in [-0.39, 0.29) is 18.3 Å². The summed E-state index contributed by atoms with van der Waals surface area (Å²) in [5, 5.41) is 3.24. The lowest BCUT2D eigenvalue weighted by Crippen LogP contribution is -2.43.